The lowest BCUT2D eigenvalue weighted by molar-refractivity contribution is 0.147. The van der Waals surface area contributed by atoms with Crippen LogP contribution < -0.4 is 19.7 Å². The minimum atomic E-state index is -0.506. The summed E-state index contributed by atoms with van der Waals surface area (Å²) in [5.41, 5.74) is 1.31. The number of likely N-dealkylation sites (tertiary alicyclic amines) is 1. The largest absolute Gasteiger partial charge is 0.497 e. The van der Waals surface area contributed by atoms with Crippen molar-refractivity contribution in [1.29, 1.82) is 0 Å². The van der Waals surface area contributed by atoms with Gasteiger partial charge in [-0.1, -0.05) is 32.4 Å². The molecule has 43 heavy (non-hydrogen) atoms. The van der Waals surface area contributed by atoms with Gasteiger partial charge in [0.25, 0.3) is 0 Å². The molecule has 3 aromatic rings. The van der Waals surface area contributed by atoms with Crippen LogP contribution >= 0.6 is 0 Å². The van der Waals surface area contributed by atoms with Crippen LogP contribution in [0.1, 0.15) is 51.5 Å². The molecule has 2 unspecified atom stereocenters. The van der Waals surface area contributed by atoms with Gasteiger partial charge in [0.2, 0.25) is 5.95 Å². The van der Waals surface area contributed by atoms with Gasteiger partial charge in [-0.25, -0.2) is 14.2 Å². The van der Waals surface area contributed by atoms with Crippen LogP contribution in [-0.2, 0) is 11.3 Å². The standard InChI is InChI=1S/C33H44FN5O4/c1-5-24(2)9-8-18-42-33(40)39(22-25-10-6-12-28(19-25)41-4)31-15-16-35-32(37-31)36-27-13-14-30(29(34)20-27)43-23-26-11-7-17-38(3)21-26/h6,10,12-16,19-20,24,26H,5,7-9,11,17-18,21-23H2,1-4H3,(H,35,36,37). The number of anilines is 3. The molecule has 1 saturated heterocycles. The molecule has 2 heterocycles. The predicted octanol–water partition coefficient (Wildman–Crippen LogP) is 7.06. The summed E-state index contributed by atoms with van der Waals surface area (Å²) < 4.78 is 31.7. The Kier molecular flexibility index (Phi) is 12.0. The molecular formula is C33H44FN5O4. The van der Waals surface area contributed by atoms with E-state index in [9.17, 15) is 9.18 Å². The van der Waals surface area contributed by atoms with Crippen LogP contribution in [0.4, 0.5) is 26.6 Å². The number of ether oxygens (including phenoxy) is 3. The van der Waals surface area contributed by atoms with Gasteiger partial charge in [-0.05, 0) is 81.1 Å². The van der Waals surface area contributed by atoms with Crippen LogP contribution in [0.3, 0.4) is 0 Å². The lowest BCUT2D eigenvalue weighted by atomic mass is 10.00. The number of aromatic nitrogens is 2. The summed E-state index contributed by atoms with van der Waals surface area (Å²) in [5, 5.41) is 3.05. The first-order valence-corrected chi connectivity index (χ1v) is 15.1. The number of hydrogen-bond acceptors (Lipinski definition) is 8. The second kappa shape index (κ2) is 16.1. The first-order chi connectivity index (χ1) is 20.8. The zero-order chi connectivity index (χ0) is 30.6. The zero-order valence-electron chi connectivity index (χ0n) is 25.7. The maximum Gasteiger partial charge on any atom is 0.415 e. The van der Waals surface area contributed by atoms with Gasteiger partial charge in [-0.2, -0.15) is 4.98 Å². The number of amides is 1. The number of methoxy groups -OCH3 is 1. The van der Waals surface area contributed by atoms with E-state index in [4.69, 9.17) is 14.2 Å². The highest BCUT2D eigenvalue weighted by Crippen LogP contribution is 2.26. The summed E-state index contributed by atoms with van der Waals surface area (Å²) in [7, 11) is 3.70. The van der Waals surface area contributed by atoms with Crippen molar-refractivity contribution in [2.24, 2.45) is 11.8 Å². The number of carbonyl (C=O) groups excluding carboxylic acids is 1. The lowest BCUT2D eigenvalue weighted by Crippen LogP contribution is -2.34. The van der Waals surface area contributed by atoms with Crippen LogP contribution in [0.5, 0.6) is 11.5 Å². The molecule has 9 nitrogen and oxygen atoms in total. The van der Waals surface area contributed by atoms with E-state index in [0.29, 0.717) is 42.3 Å². The molecule has 0 aliphatic carbocycles. The van der Waals surface area contributed by atoms with Gasteiger partial charge >= 0.3 is 6.09 Å². The van der Waals surface area contributed by atoms with Crippen molar-refractivity contribution >= 4 is 23.5 Å². The number of carbonyl (C=O) groups is 1. The summed E-state index contributed by atoms with van der Waals surface area (Å²) in [6.07, 6.45) is 6.11. The maximum absolute atomic E-state index is 14.9. The normalized spacial score (nSPS) is 15.9. The molecule has 1 aliphatic heterocycles. The maximum atomic E-state index is 14.9. The highest BCUT2D eigenvalue weighted by Gasteiger charge is 2.21. The van der Waals surface area contributed by atoms with E-state index in [1.54, 1.807) is 31.5 Å². The van der Waals surface area contributed by atoms with Gasteiger partial charge in [0.15, 0.2) is 11.6 Å². The Balaban J connectivity index is 1.45. The van der Waals surface area contributed by atoms with Crippen molar-refractivity contribution in [3.05, 3.63) is 66.1 Å². The van der Waals surface area contributed by atoms with E-state index in [0.717, 1.165) is 50.8 Å². The lowest BCUT2D eigenvalue weighted by Gasteiger charge is -2.29. The Morgan fingerprint density at radius 1 is 1.23 bits per heavy atom. The van der Waals surface area contributed by atoms with Crippen molar-refractivity contribution in [3.8, 4) is 11.5 Å². The molecule has 0 spiro atoms. The van der Waals surface area contributed by atoms with Crippen molar-refractivity contribution in [2.45, 2.75) is 52.5 Å². The first-order valence-electron chi connectivity index (χ1n) is 15.1. The fourth-order valence-electron chi connectivity index (χ4n) is 5.07. The molecule has 0 bridgehead atoms. The molecule has 2 atom stereocenters. The fraction of sp³-hybridized carbons (Fsp3) is 0.485. The zero-order valence-corrected chi connectivity index (χ0v) is 25.7. The first kappa shape index (κ1) is 32.0. The number of piperidine rings is 1. The third-order valence-electron chi connectivity index (χ3n) is 7.76. The van der Waals surface area contributed by atoms with Gasteiger partial charge in [0.1, 0.15) is 11.6 Å². The van der Waals surface area contributed by atoms with Gasteiger partial charge in [0, 0.05) is 30.4 Å². The Bertz CT molecular complexity index is 1330. The van der Waals surface area contributed by atoms with Crippen molar-refractivity contribution in [2.75, 3.05) is 50.7 Å². The van der Waals surface area contributed by atoms with Gasteiger partial charge < -0.3 is 24.4 Å². The molecule has 1 N–H and O–H groups in total. The average Bonchev–Trinajstić information content (AvgIpc) is 3.01. The van der Waals surface area contributed by atoms with Gasteiger partial charge in [-0.15, -0.1) is 0 Å². The van der Waals surface area contributed by atoms with Crippen molar-refractivity contribution in [3.63, 3.8) is 0 Å². The second-order valence-corrected chi connectivity index (χ2v) is 11.3. The Morgan fingerprint density at radius 2 is 2.09 bits per heavy atom. The fourth-order valence-corrected chi connectivity index (χ4v) is 5.07. The highest BCUT2D eigenvalue weighted by atomic mass is 19.1. The minimum absolute atomic E-state index is 0.217. The number of benzene rings is 2. The van der Waals surface area contributed by atoms with E-state index in [1.165, 1.54) is 11.0 Å². The van der Waals surface area contributed by atoms with E-state index in [1.807, 2.05) is 24.3 Å². The van der Waals surface area contributed by atoms with Crippen LogP contribution in [0.2, 0.25) is 0 Å². The number of nitrogens with one attached hydrogen (secondary N) is 1. The van der Waals surface area contributed by atoms with Crippen LogP contribution in [0, 0.1) is 17.7 Å². The minimum Gasteiger partial charge on any atom is -0.497 e. The molecule has 0 saturated carbocycles. The molecule has 4 rings (SSSR count). The summed E-state index contributed by atoms with van der Waals surface area (Å²) in [6.45, 7) is 7.41. The molecule has 1 fully saturated rings. The number of nitrogens with zero attached hydrogens (tertiary/aromatic N) is 4. The van der Waals surface area contributed by atoms with E-state index >= 15 is 0 Å². The number of hydrogen-bond donors (Lipinski definition) is 1. The Hall–Kier alpha value is -3.92. The SMILES string of the molecule is CCC(C)CCCOC(=O)N(Cc1cccc(OC)c1)c1ccnc(Nc2ccc(OCC3CCCN(C)C3)c(F)c2)n1. The van der Waals surface area contributed by atoms with E-state index in [-0.39, 0.29) is 18.2 Å². The summed E-state index contributed by atoms with van der Waals surface area (Å²) in [4.78, 5) is 25.9. The van der Waals surface area contributed by atoms with E-state index in [2.05, 4.69) is 41.1 Å². The molecule has 232 valence electrons. The van der Waals surface area contributed by atoms with Gasteiger partial charge in [-0.3, -0.25) is 4.90 Å². The van der Waals surface area contributed by atoms with E-state index < -0.39 is 11.9 Å². The Morgan fingerprint density at radius 3 is 2.86 bits per heavy atom. The summed E-state index contributed by atoms with van der Waals surface area (Å²) in [5.74, 6) is 1.97. The predicted molar refractivity (Wildman–Crippen MR) is 167 cm³/mol. The Labute approximate surface area is 254 Å². The second-order valence-electron chi connectivity index (χ2n) is 11.3. The highest BCUT2D eigenvalue weighted by molar-refractivity contribution is 5.86. The topological polar surface area (TPSA) is 89.0 Å². The molecule has 1 aliphatic rings. The molecule has 0 radical (unpaired) electrons. The van der Waals surface area contributed by atoms with Crippen LogP contribution in [0.15, 0.2) is 54.7 Å². The summed E-state index contributed by atoms with van der Waals surface area (Å²) in [6, 6.07) is 13.8. The van der Waals surface area contributed by atoms with Crippen molar-refractivity contribution in [1.82, 2.24) is 14.9 Å². The van der Waals surface area contributed by atoms with Gasteiger partial charge in [0.05, 0.1) is 26.9 Å². The smallest absolute Gasteiger partial charge is 0.415 e. The third-order valence-corrected chi connectivity index (χ3v) is 7.76. The number of halogens is 1. The molecule has 10 heteroatoms. The van der Waals surface area contributed by atoms with Crippen LogP contribution in [-0.4, -0.2) is 61.4 Å². The molecule has 1 amide bonds. The monoisotopic (exact) mass is 593 g/mol. The average molecular weight is 594 g/mol. The third kappa shape index (κ3) is 9.81. The molecule has 1 aromatic heterocycles. The van der Waals surface area contributed by atoms with Crippen molar-refractivity contribution < 1.29 is 23.4 Å². The molecular weight excluding hydrogens is 549 g/mol. The summed E-state index contributed by atoms with van der Waals surface area (Å²) >= 11 is 0. The molecule has 2 aromatic carbocycles. The van der Waals surface area contributed by atoms with Crippen LogP contribution in [0.25, 0.3) is 0 Å². The number of rotatable bonds is 14. The quantitative estimate of drug-likeness (QED) is 0.199.